The normalized spacial score (nSPS) is 13.9. The Balaban J connectivity index is 0.000000210. The Labute approximate surface area is 410 Å². The van der Waals surface area contributed by atoms with Crippen LogP contribution in [0.1, 0.15) is 91.2 Å². The number of ether oxygens (including phenoxy) is 3. The van der Waals surface area contributed by atoms with Gasteiger partial charge in [-0.3, -0.25) is 19.2 Å². The van der Waals surface area contributed by atoms with E-state index >= 15 is 0 Å². The first-order valence-electron chi connectivity index (χ1n) is 22.5. The Bertz CT molecular complexity index is 2750. The van der Waals surface area contributed by atoms with Crippen molar-refractivity contribution in [1.82, 2.24) is 19.8 Å². The molecule has 6 aromatic rings. The zero-order valence-corrected chi connectivity index (χ0v) is 39.9. The van der Waals surface area contributed by atoms with Gasteiger partial charge in [0, 0.05) is 49.1 Å². The maximum Gasteiger partial charge on any atom is 0.410 e. The number of hydrogen-bond donors (Lipinski definition) is 2. The van der Waals surface area contributed by atoms with Gasteiger partial charge in [-0.25, -0.2) is 14.8 Å². The standard InChI is InChI=1S/C26H29N3O5.C24H23N3O4.C3H3ClO/c1-26(2,3)34-25(31)29-15-13-18(14-16-29)24-28-21(22(33-24)23(27)30)17-9-11-20(12-10-17)32-19-7-5-4-6-8-19;1-2-20(28)27-14-12-17(13-15-27)24-26-21(22(31-24)23(25)29)16-8-10-19(11-9-16)30-18-6-4-3-5-7-18;1-2-3(4)5/h4-12,18H,13-16H2,1-3H3,(H2,27,30);2-11,17H,1,12-15H2,(H2,25,29);2H,1H2. The molecule has 2 aliphatic rings. The summed E-state index contributed by atoms with van der Waals surface area (Å²) in [5.41, 5.74) is 12.8. The highest BCUT2D eigenvalue weighted by Gasteiger charge is 2.32. The van der Waals surface area contributed by atoms with Crippen molar-refractivity contribution in [3.05, 3.63) is 158 Å². The SMILES string of the molecule is C=CC(=O)Cl.C=CC(=O)N1CCC(c2nc(-c3ccc(Oc4ccccc4)cc3)c(C(N)=O)o2)CC1.CC(C)(C)OC(=O)N1CCC(c2nc(-c3ccc(Oc4ccccc4)cc3)c(C(N)=O)o2)CC1. The molecule has 70 heavy (non-hydrogen) atoms. The average molecular weight is 972 g/mol. The molecule has 2 aromatic heterocycles. The van der Waals surface area contributed by atoms with E-state index in [1.165, 1.54) is 6.08 Å². The third-order valence-electron chi connectivity index (χ3n) is 10.9. The number of nitrogens with two attached hydrogens (primary N) is 2. The molecule has 4 aromatic carbocycles. The quantitative estimate of drug-likeness (QED) is 0.0863. The lowest BCUT2D eigenvalue weighted by Crippen LogP contribution is -2.41. The van der Waals surface area contributed by atoms with Crippen LogP contribution in [0.5, 0.6) is 23.0 Å². The lowest BCUT2D eigenvalue weighted by molar-refractivity contribution is -0.127. The topological polar surface area (TPSA) is 224 Å². The van der Waals surface area contributed by atoms with E-state index in [0.29, 0.717) is 97.7 Å². The summed E-state index contributed by atoms with van der Waals surface area (Å²) in [6.07, 6.45) is 4.74. The molecule has 4 heterocycles. The third kappa shape index (κ3) is 14.3. The summed E-state index contributed by atoms with van der Waals surface area (Å²) in [6, 6.07) is 33.4. The van der Waals surface area contributed by atoms with Gasteiger partial charge in [0.1, 0.15) is 40.0 Å². The highest BCUT2D eigenvalue weighted by Crippen LogP contribution is 2.36. The maximum absolute atomic E-state index is 12.3. The van der Waals surface area contributed by atoms with Crippen LogP contribution < -0.4 is 20.9 Å². The molecule has 0 radical (unpaired) electrons. The van der Waals surface area contributed by atoms with Crippen molar-refractivity contribution in [2.45, 2.75) is 63.9 Å². The number of hydrogen-bond acceptors (Lipinski definition) is 12. The molecule has 4 amide bonds. The smallest absolute Gasteiger partial charge is 0.410 e. The zero-order chi connectivity index (χ0) is 50.4. The summed E-state index contributed by atoms with van der Waals surface area (Å²) >= 11 is 4.71. The van der Waals surface area contributed by atoms with Crippen molar-refractivity contribution >= 4 is 40.7 Å². The number of carbonyl (C=O) groups excluding carboxylic acids is 5. The monoisotopic (exact) mass is 970 g/mol. The molecule has 0 bridgehead atoms. The van der Waals surface area contributed by atoms with E-state index in [0.717, 1.165) is 17.6 Å². The molecular weight excluding hydrogens is 916 g/mol. The molecule has 0 aliphatic carbocycles. The Morgan fingerprint density at radius 3 is 1.29 bits per heavy atom. The predicted octanol–water partition coefficient (Wildman–Crippen LogP) is 10.4. The Hall–Kier alpha value is -7.98. The first-order valence-corrected chi connectivity index (χ1v) is 22.9. The zero-order valence-electron chi connectivity index (χ0n) is 39.2. The molecule has 2 fully saturated rings. The molecule has 2 saturated heterocycles. The number of piperidine rings is 2. The molecule has 0 atom stereocenters. The van der Waals surface area contributed by atoms with Crippen molar-refractivity contribution in [2.24, 2.45) is 11.5 Å². The summed E-state index contributed by atoms with van der Waals surface area (Å²) in [7, 11) is 0. The molecular formula is C53H55ClN6O10. The van der Waals surface area contributed by atoms with Gasteiger partial charge in [-0.1, -0.05) is 49.6 Å². The van der Waals surface area contributed by atoms with Crippen molar-refractivity contribution in [3.8, 4) is 45.5 Å². The number of para-hydroxylation sites is 2. The second-order valence-corrected chi connectivity index (χ2v) is 17.5. The molecule has 0 saturated carbocycles. The lowest BCUT2D eigenvalue weighted by atomic mass is 9.96. The minimum atomic E-state index is -0.676. The van der Waals surface area contributed by atoms with Crippen molar-refractivity contribution in [3.63, 3.8) is 0 Å². The van der Waals surface area contributed by atoms with Crippen LogP contribution in [0.4, 0.5) is 4.79 Å². The molecule has 16 nitrogen and oxygen atoms in total. The van der Waals surface area contributed by atoms with Crippen molar-refractivity contribution in [1.29, 1.82) is 0 Å². The summed E-state index contributed by atoms with van der Waals surface area (Å²) in [5.74, 6) is 2.35. The predicted molar refractivity (Wildman–Crippen MR) is 264 cm³/mol. The number of allylic oxidation sites excluding steroid dienone is 1. The number of benzene rings is 4. The summed E-state index contributed by atoms with van der Waals surface area (Å²) in [4.78, 5) is 70.3. The number of rotatable bonds is 12. The number of aromatic nitrogens is 2. The average Bonchev–Trinajstić information content (AvgIpc) is 4.02. The van der Waals surface area contributed by atoms with Crippen molar-refractivity contribution < 1.29 is 47.0 Å². The number of carbonyl (C=O) groups is 5. The van der Waals surface area contributed by atoms with Gasteiger partial charge in [-0.05, 0) is 143 Å². The van der Waals surface area contributed by atoms with Gasteiger partial charge in [-0.2, -0.15) is 0 Å². The van der Waals surface area contributed by atoms with E-state index in [2.05, 4.69) is 23.1 Å². The number of primary amides is 2. The molecule has 8 rings (SSSR count). The fourth-order valence-electron chi connectivity index (χ4n) is 7.47. The summed E-state index contributed by atoms with van der Waals surface area (Å²) in [6.45, 7) is 14.4. The van der Waals surface area contributed by atoms with E-state index in [1.807, 2.05) is 106 Å². The fourth-order valence-corrected chi connectivity index (χ4v) is 7.47. The van der Waals surface area contributed by atoms with Gasteiger partial charge in [0.05, 0.1) is 0 Å². The van der Waals surface area contributed by atoms with Gasteiger partial charge in [0.2, 0.25) is 22.7 Å². The lowest BCUT2D eigenvalue weighted by Gasteiger charge is -2.32. The van der Waals surface area contributed by atoms with Crippen LogP contribution in [0.3, 0.4) is 0 Å². The van der Waals surface area contributed by atoms with Crippen LogP contribution in [0.25, 0.3) is 22.5 Å². The van der Waals surface area contributed by atoms with Crippen LogP contribution in [0, 0.1) is 0 Å². The second kappa shape index (κ2) is 23.8. The van der Waals surface area contributed by atoms with Gasteiger partial charge in [0.15, 0.2) is 11.8 Å². The second-order valence-electron chi connectivity index (χ2n) is 17.1. The number of oxazole rings is 2. The summed E-state index contributed by atoms with van der Waals surface area (Å²) in [5, 5.41) is -0.509. The number of amides is 4. The van der Waals surface area contributed by atoms with E-state index < -0.39 is 22.7 Å². The first-order chi connectivity index (χ1) is 33.5. The van der Waals surface area contributed by atoms with Gasteiger partial charge in [0.25, 0.3) is 11.8 Å². The minimum Gasteiger partial charge on any atom is -0.457 e. The molecule has 17 heteroatoms. The van der Waals surface area contributed by atoms with Crippen LogP contribution >= 0.6 is 11.6 Å². The fraction of sp³-hybridized carbons (Fsp3) is 0.264. The Kier molecular flexibility index (Phi) is 17.5. The molecule has 0 unspecified atom stereocenters. The number of likely N-dealkylation sites (tertiary alicyclic amines) is 2. The molecule has 364 valence electrons. The minimum absolute atomic E-state index is 0.0152. The Morgan fingerprint density at radius 1 is 0.600 bits per heavy atom. The van der Waals surface area contributed by atoms with Crippen LogP contribution in [-0.2, 0) is 14.3 Å². The van der Waals surface area contributed by atoms with Crippen LogP contribution in [0.2, 0.25) is 0 Å². The highest BCUT2D eigenvalue weighted by atomic mass is 35.5. The number of nitrogens with zero attached hydrogens (tertiary/aromatic N) is 4. The molecule has 4 N–H and O–H groups in total. The van der Waals surface area contributed by atoms with Gasteiger partial charge < -0.3 is 44.3 Å². The van der Waals surface area contributed by atoms with Crippen LogP contribution in [-0.4, -0.2) is 80.6 Å². The van der Waals surface area contributed by atoms with Gasteiger partial charge >= 0.3 is 6.09 Å². The molecule has 2 aliphatic heterocycles. The van der Waals surface area contributed by atoms with Crippen molar-refractivity contribution in [2.75, 3.05) is 26.2 Å². The van der Waals surface area contributed by atoms with Gasteiger partial charge in [-0.15, -0.1) is 0 Å². The molecule has 0 spiro atoms. The first kappa shape index (κ1) is 51.4. The third-order valence-corrected chi connectivity index (χ3v) is 11.1. The maximum atomic E-state index is 12.3. The van der Waals surface area contributed by atoms with E-state index in [4.69, 9.17) is 46.1 Å². The van der Waals surface area contributed by atoms with E-state index in [1.54, 1.807) is 34.1 Å². The van der Waals surface area contributed by atoms with E-state index in [-0.39, 0.29) is 35.4 Å². The highest BCUT2D eigenvalue weighted by molar-refractivity contribution is 6.66. The summed E-state index contributed by atoms with van der Waals surface area (Å²) < 4.78 is 28.7. The number of halogens is 1. The Morgan fingerprint density at radius 2 is 0.957 bits per heavy atom. The van der Waals surface area contributed by atoms with Crippen LogP contribution in [0.15, 0.2) is 143 Å². The van der Waals surface area contributed by atoms with E-state index in [9.17, 15) is 24.0 Å². The largest absolute Gasteiger partial charge is 0.457 e.